The minimum atomic E-state index is 0.141. The van der Waals surface area contributed by atoms with Crippen molar-refractivity contribution in [1.29, 1.82) is 0 Å². The number of benzene rings is 3. The van der Waals surface area contributed by atoms with E-state index in [1.165, 1.54) is 21.0 Å². The Bertz CT molecular complexity index is 1150. The molecule has 3 aromatic carbocycles. The predicted octanol–water partition coefficient (Wildman–Crippen LogP) is 6.82. The van der Waals surface area contributed by atoms with E-state index in [0.717, 1.165) is 49.3 Å². The van der Waals surface area contributed by atoms with Gasteiger partial charge < -0.3 is 9.80 Å². The number of nitrogens with zero attached hydrogens (tertiary/aromatic N) is 2. The zero-order valence-corrected chi connectivity index (χ0v) is 19.9. The van der Waals surface area contributed by atoms with Crippen LogP contribution in [-0.4, -0.2) is 41.9 Å². The highest BCUT2D eigenvalue weighted by Crippen LogP contribution is 2.27. The maximum absolute atomic E-state index is 13.5. The standard InChI is InChI=1S/C28H32N2OS/c1-3-29(4-2)17-9-10-18-30(21-22-15-16-23-11-5-6-12-24(23)19-22)28(31)27-20-25-13-7-8-14-26(25)32-27/h5-8,11-16,19-20H,3-4,9-10,17-18,21H2,1-2H3. The maximum atomic E-state index is 13.5. The molecule has 0 spiro atoms. The molecule has 0 radical (unpaired) electrons. The molecule has 0 saturated carbocycles. The minimum Gasteiger partial charge on any atom is -0.334 e. The molecular formula is C28H32N2OS. The van der Waals surface area contributed by atoms with Gasteiger partial charge in [0.15, 0.2) is 0 Å². The van der Waals surface area contributed by atoms with Crippen molar-refractivity contribution in [2.24, 2.45) is 0 Å². The van der Waals surface area contributed by atoms with Crippen LogP contribution < -0.4 is 0 Å². The lowest BCUT2D eigenvalue weighted by Gasteiger charge is -2.24. The highest BCUT2D eigenvalue weighted by Gasteiger charge is 2.19. The molecule has 4 rings (SSSR count). The lowest BCUT2D eigenvalue weighted by molar-refractivity contribution is 0.0743. The third-order valence-corrected chi connectivity index (χ3v) is 7.26. The summed E-state index contributed by atoms with van der Waals surface area (Å²) in [7, 11) is 0. The fourth-order valence-electron chi connectivity index (χ4n) is 4.23. The molecule has 1 amide bonds. The van der Waals surface area contributed by atoms with E-state index >= 15 is 0 Å². The van der Waals surface area contributed by atoms with Crippen molar-refractivity contribution >= 4 is 38.1 Å². The van der Waals surface area contributed by atoms with Crippen LogP contribution in [0.2, 0.25) is 0 Å². The molecule has 4 heteroatoms. The van der Waals surface area contributed by atoms with Gasteiger partial charge in [-0.15, -0.1) is 11.3 Å². The Morgan fingerprint density at radius 3 is 2.22 bits per heavy atom. The summed E-state index contributed by atoms with van der Waals surface area (Å²) in [6.45, 7) is 9.09. The van der Waals surface area contributed by atoms with Crippen molar-refractivity contribution < 1.29 is 4.79 Å². The van der Waals surface area contributed by atoms with Crippen LogP contribution in [0, 0.1) is 0 Å². The summed E-state index contributed by atoms with van der Waals surface area (Å²) in [5.74, 6) is 0.141. The van der Waals surface area contributed by atoms with Crippen LogP contribution >= 0.6 is 11.3 Å². The SMILES string of the molecule is CCN(CC)CCCCN(Cc1ccc2ccccc2c1)C(=O)c1cc2ccccc2s1. The van der Waals surface area contributed by atoms with Gasteiger partial charge in [0.2, 0.25) is 0 Å². The summed E-state index contributed by atoms with van der Waals surface area (Å²) in [4.78, 5) is 18.9. The summed E-state index contributed by atoms with van der Waals surface area (Å²) >= 11 is 1.60. The highest BCUT2D eigenvalue weighted by molar-refractivity contribution is 7.20. The van der Waals surface area contributed by atoms with Crippen LogP contribution in [-0.2, 0) is 6.54 Å². The quantitative estimate of drug-likeness (QED) is 0.251. The molecule has 0 aliphatic rings. The number of carbonyl (C=O) groups excluding carboxylic acids is 1. The lowest BCUT2D eigenvalue weighted by Crippen LogP contribution is -2.32. The average molecular weight is 445 g/mol. The Hall–Kier alpha value is -2.69. The molecule has 0 atom stereocenters. The summed E-state index contributed by atoms with van der Waals surface area (Å²) < 4.78 is 1.17. The third kappa shape index (κ3) is 5.37. The van der Waals surface area contributed by atoms with Crippen molar-refractivity contribution in [3.8, 4) is 0 Å². The van der Waals surface area contributed by atoms with Gasteiger partial charge in [-0.2, -0.15) is 0 Å². The smallest absolute Gasteiger partial charge is 0.264 e. The predicted molar refractivity (Wildman–Crippen MR) is 138 cm³/mol. The first-order valence-electron chi connectivity index (χ1n) is 11.7. The van der Waals surface area contributed by atoms with Gasteiger partial charge in [-0.3, -0.25) is 4.79 Å². The molecule has 0 unspecified atom stereocenters. The molecule has 0 aliphatic heterocycles. The fraction of sp³-hybridized carbons (Fsp3) is 0.321. The first-order chi connectivity index (χ1) is 15.7. The van der Waals surface area contributed by atoms with Gasteiger partial charge >= 0.3 is 0 Å². The van der Waals surface area contributed by atoms with Crippen LogP contribution in [0.15, 0.2) is 72.8 Å². The van der Waals surface area contributed by atoms with Gasteiger partial charge in [-0.25, -0.2) is 0 Å². The number of rotatable bonds is 10. The van der Waals surface area contributed by atoms with Crippen LogP contribution in [0.4, 0.5) is 0 Å². The minimum absolute atomic E-state index is 0.141. The van der Waals surface area contributed by atoms with E-state index in [4.69, 9.17) is 0 Å². The first-order valence-corrected chi connectivity index (χ1v) is 12.5. The molecule has 0 bridgehead atoms. The molecule has 32 heavy (non-hydrogen) atoms. The second-order valence-corrected chi connectivity index (χ2v) is 9.37. The van der Waals surface area contributed by atoms with E-state index in [1.807, 2.05) is 23.1 Å². The third-order valence-electron chi connectivity index (χ3n) is 6.16. The van der Waals surface area contributed by atoms with Crippen molar-refractivity contribution in [3.05, 3.63) is 83.2 Å². The van der Waals surface area contributed by atoms with Crippen LogP contribution in [0.3, 0.4) is 0 Å². The van der Waals surface area contributed by atoms with Crippen LogP contribution in [0.1, 0.15) is 41.9 Å². The Kier molecular flexibility index (Phi) is 7.56. The van der Waals surface area contributed by atoms with E-state index < -0.39 is 0 Å². The maximum Gasteiger partial charge on any atom is 0.264 e. The molecule has 1 aromatic heterocycles. The van der Waals surface area contributed by atoms with Gasteiger partial charge in [0.25, 0.3) is 5.91 Å². The topological polar surface area (TPSA) is 23.6 Å². The average Bonchev–Trinajstić information content (AvgIpc) is 3.27. The van der Waals surface area contributed by atoms with E-state index in [-0.39, 0.29) is 5.91 Å². The molecule has 0 aliphatic carbocycles. The number of hydrogen-bond acceptors (Lipinski definition) is 3. The molecule has 0 saturated heterocycles. The number of thiophene rings is 1. The molecule has 166 valence electrons. The van der Waals surface area contributed by atoms with E-state index in [2.05, 4.69) is 73.3 Å². The van der Waals surface area contributed by atoms with Crippen molar-refractivity contribution in [3.63, 3.8) is 0 Å². The normalized spacial score (nSPS) is 11.5. The Morgan fingerprint density at radius 1 is 0.781 bits per heavy atom. The van der Waals surface area contributed by atoms with Gasteiger partial charge in [0.05, 0.1) is 4.88 Å². The van der Waals surface area contributed by atoms with Crippen LogP contribution in [0.5, 0.6) is 0 Å². The van der Waals surface area contributed by atoms with E-state index in [9.17, 15) is 4.79 Å². The largest absolute Gasteiger partial charge is 0.334 e. The molecule has 0 fully saturated rings. The summed E-state index contributed by atoms with van der Waals surface area (Å²) in [5, 5.41) is 3.60. The summed E-state index contributed by atoms with van der Waals surface area (Å²) in [5.41, 5.74) is 1.18. The zero-order valence-electron chi connectivity index (χ0n) is 19.1. The number of carbonyl (C=O) groups is 1. The molecule has 3 nitrogen and oxygen atoms in total. The first kappa shape index (κ1) is 22.5. The zero-order chi connectivity index (χ0) is 22.3. The van der Waals surface area contributed by atoms with Gasteiger partial charge in [-0.1, -0.05) is 68.4 Å². The van der Waals surface area contributed by atoms with Gasteiger partial charge in [-0.05, 0) is 72.4 Å². The Labute approximate surface area is 195 Å². The molecule has 0 N–H and O–H groups in total. The monoisotopic (exact) mass is 444 g/mol. The van der Waals surface area contributed by atoms with Crippen molar-refractivity contribution in [2.75, 3.05) is 26.2 Å². The van der Waals surface area contributed by atoms with Gasteiger partial charge in [0.1, 0.15) is 0 Å². The second-order valence-electron chi connectivity index (χ2n) is 8.29. The summed E-state index contributed by atoms with van der Waals surface area (Å²) in [6, 6.07) is 25.2. The Balaban J connectivity index is 1.52. The van der Waals surface area contributed by atoms with E-state index in [1.54, 1.807) is 11.3 Å². The fourth-order valence-corrected chi connectivity index (χ4v) is 5.26. The Morgan fingerprint density at radius 2 is 1.47 bits per heavy atom. The van der Waals surface area contributed by atoms with E-state index in [0.29, 0.717) is 6.54 Å². The molecule has 1 heterocycles. The number of unbranched alkanes of at least 4 members (excludes halogenated alkanes) is 1. The number of amides is 1. The number of hydrogen-bond donors (Lipinski definition) is 0. The highest BCUT2D eigenvalue weighted by atomic mass is 32.1. The second kappa shape index (κ2) is 10.8. The number of fused-ring (bicyclic) bond motifs is 2. The van der Waals surface area contributed by atoms with Crippen molar-refractivity contribution in [1.82, 2.24) is 9.80 Å². The summed E-state index contributed by atoms with van der Waals surface area (Å²) in [6.07, 6.45) is 2.12. The molecular weight excluding hydrogens is 412 g/mol. The lowest BCUT2D eigenvalue weighted by atomic mass is 10.1. The van der Waals surface area contributed by atoms with Gasteiger partial charge in [0, 0.05) is 17.8 Å². The van der Waals surface area contributed by atoms with Crippen molar-refractivity contribution in [2.45, 2.75) is 33.2 Å². The molecule has 4 aromatic rings. The van der Waals surface area contributed by atoms with Crippen LogP contribution in [0.25, 0.3) is 20.9 Å².